The molecule has 32 heavy (non-hydrogen) atoms. The fourth-order valence-electron chi connectivity index (χ4n) is 3.28. The van der Waals surface area contributed by atoms with Crippen LogP contribution >= 0.6 is 0 Å². The number of oxazole rings is 1. The zero-order valence-electron chi connectivity index (χ0n) is 17.7. The lowest BCUT2D eigenvalue weighted by molar-refractivity contribution is -0.140. The molecule has 0 unspecified atom stereocenters. The van der Waals surface area contributed by atoms with Gasteiger partial charge >= 0.3 is 6.18 Å². The highest BCUT2D eigenvalue weighted by Gasteiger charge is 2.33. The van der Waals surface area contributed by atoms with Gasteiger partial charge in [0.2, 0.25) is 5.89 Å². The van der Waals surface area contributed by atoms with Gasteiger partial charge in [0.05, 0.1) is 19.8 Å². The lowest BCUT2D eigenvalue weighted by atomic mass is 10.1. The van der Waals surface area contributed by atoms with E-state index in [-0.39, 0.29) is 41.8 Å². The summed E-state index contributed by atoms with van der Waals surface area (Å²) in [5.41, 5.74) is 5.19. The summed E-state index contributed by atoms with van der Waals surface area (Å²) < 4.78 is 50.5. The number of aliphatic hydroxyl groups is 1. The van der Waals surface area contributed by atoms with Crippen molar-refractivity contribution in [3.63, 3.8) is 0 Å². The fraction of sp³-hybridized carbons (Fsp3) is 0.381. The molecule has 0 aliphatic rings. The number of aliphatic hydroxyl groups excluding tert-OH is 1. The summed E-state index contributed by atoms with van der Waals surface area (Å²) in [5.74, 6) is -0.190. The summed E-state index contributed by atoms with van der Waals surface area (Å²) in [6, 6.07) is 4.44. The van der Waals surface area contributed by atoms with Crippen molar-refractivity contribution in [3.05, 3.63) is 41.4 Å². The summed E-state index contributed by atoms with van der Waals surface area (Å²) in [7, 11) is 1.33. The van der Waals surface area contributed by atoms with Gasteiger partial charge in [-0.1, -0.05) is 0 Å². The smallest absolute Gasteiger partial charge is 0.433 e. The Hall–Kier alpha value is -3.18. The number of alkyl halides is 3. The maximum Gasteiger partial charge on any atom is 0.433 e. The van der Waals surface area contributed by atoms with Crippen LogP contribution in [0.3, 0.4) is 0 Å². The number of hydrogen-bond donors (Lipinski definition) is 2. The van der Waals surface area contributed by atoms with Crippen LogP contribution in [0.15, 0.2) is 28.7 Å². The van der Waals surface area contributed by atoms with Crippen molar-refractivity contribution in [2.75, 3.05) is 26.8 Å². The number of carbonyl (C=O) groups excluding carboxylic acids is 1. The second kappa shape index (κ2) is 9.13. The normalized spacial score (nSPS) is 12.8. The Balaban J connectivity index is 2.19. The maximum atomic E-state index is 13.2. The lowest BCUT2D eigenvalue weighted by Crippen LogP contribution is -2.34. The van der Waals surface area contributed by atoms with Crippen LogP contribution < -0.4 is 10.5 Å². The number of rotatable bonds is 7. The number of amides is 1. The Kier molecular flexibility index (Phi) is 6.70. The van der Waals surface area contributed by atoms with Crippen LogP contribution in [0.25, 0.3) is 22.4 Å². The second-order valence-electron chi connectivity index (χ2n) is 7.03. The Morgan fingerprint density at radius 3 is 2.56 bits per heavy atom. The molecule has 0 bridgehead atoms. The van der Waals surface area contributed by atoms with E-state index in [1.54, 1.807) is 19.9 Å². The minimum atomic E-state index is -4.63. The van der Waals surface area contributed by atoms with Crippen LogP contribution in [0.4, 0.5) is 13.2 Å². The molecular weight excluding hydrogens is 429 g/mol. The third-order valence-electron chi connectivity index (χ3n) is 4.87. The van der Waals surface area contributed by atoms with Gasteiger partial charge in [-0.15, -0.1) is 0 Å². The number of likely N-dealkylation sites (N-methyl/N-ethyl adjacent to an activating group) is 1. The lowest BCUT2D eigenvalue weighted by Gasteiger charge is -2.18. The summed E-state index contributed by atoms with van der Waals surface area (Å²) in [5, 5.41) is 9.51. The number of ether oxygens (including phenoxy) is 1. The van der Waals surface area contributed by atoms with Gasteiger partial charge in [-0.05, 0) is 38.1 Å². The Bertz CT molecular complexity index is 1130. The first-order chi connectivity index (χ1) is 15.1. The molecule has 2 aromatic heterocycles. The molecule has 0 radical (unpaired) electrons. The van der Waals surface area contributed by atoms with E-state index >= 15 is 0 Å². The summed E-state index contributed by atoms with van der Waals surface area (Å²) in [4.78, 5) is 22.4. The van der Waals surface area contributed by atoms with E-state index in [2.05, 4.69) is 9.97 Å². The third-order valence-corrected chi connectivity index (χ3v) is 4.87. The number of benzene rings is 1. The Labute approximate surface area is 181 Å². The van der Waals surface area contributed by atoms with Crippen LogP contribution in [0.5, 0.6) is 5.75 Å². The number of carbonyl (C=O) groups is 1. The average Bonchev–Trinajstić information content (AvgIpc) is 3.20. The minimum Gasteiger partial charge on any atom is -0.494 e. The Morgan fingerprint density at radius 2 is 2.00 bits per heavy atom. The van der Waals surface area contributed by atoms with Gasteiger partial charge in [-0.2, -0.15) is 13.2 Å². The van der Waals surface area contributed by atoms with E-state index in [0.29, 0.717) is 17.5 Å². The zero-order valence-corrected chi connectivity index (χ0v) is 17.7. The molecule has 0 spiro atoms. The van der Waals surface area contributed by atoms with Crippen LogP contribution in [0, 0.1) is 0 Å². The van der Waals surface area contributed by atoms with E-state index in [1.165, 1.54) is 24.1 Å². The number of methoxy groups -OCH3 is 1. The molecule has 0 aliphatic heterocycles. The largest absolute Gasteiger partial charge is 0.494 e. The topological polar surface area (TPSA) is 115 Å². The Morgan fingerprint density at radius 1 is 1.28 bits per heavy atom. The predicted octanol–water partition coefficient (Wildman–Crippen LogP) is 3.39. The summed E-state index contributed by atoms with van der Waals surface area (Å²) in [6.45, 7) is 3.57. The van der Waals surface area contributed by atoms with Gasteiger partial charge in [0.15, 0.2) is 11.5 Å². The van der Waals surface area contributed by atoms with Gasteiger partial charge in [0.25, 0.3) is 5.91 Å². The first-order valence-corrected chi connectivity index (χ1v) is 9.84. The number of aromatic nitrogens is 2. The SMILES string of the molecule is CCN(CCO)C(=O)c1nc(-c2ccc(OC)c3nc(C(F)(F)F)ccc23)oc1[C@H](C)N. The van der Waals surface area contributed by atoms with Gasteiger partial charge in [-0.3, -0.25) is 4.79 Å². The monoisotopic (exact) mass is 452 g/mol. The average molecular weight is 452 g/mol. The molecule has 0 fully saturated rings. The second-order valence-corrected chi connectivity index (χ2v) is 7.03. The van der Waals surface area contributed by atoms with E-state index in [0.717, 1.165) is 6.07 Å². The van der Waals surface area contributed by atoms with Crippen LogP contribution in [0.1, 0.15) is 41.8 Å². The van der Waals surface area contributed by atoms with Gasteiger partial charge in [0, 0.05) is 24.0 Å². The van der Waals surface area contributed by atoms with E-state index in [9.17, 15) is 23.1 Å². The van der Waals surface area contributed by atoms with Crippen LogP contribution in [-0.4, -0.2) is 52.7 Å². The highest BCUT2D eigenvalue weighted by Crippen LogP contribution is 2.37. The molecule has 1 amide bonds. The molecule has 2 heterocycles. The molecule has 1 aromatic carbocycles. The fourth-order valence-corrected chi connectivity index (χ4v) is 3.28. The van der Waals surface area contributed by atoms with Gasteiger partial charge < -0.3 is 24.9 Å². The molecule has 3 aromatic rings. The molecule has 3 rings (SSSR count). The number of hydrogen-bond acceptors (Lipinski definition) is 7. The highest BCUT2D eigenvalue weighted by atomic mass is 19.4. The van der Waals surface area contributed by atoms with E-state index in [1.807, 2.05) is 0 Å². The van der Waals surface area contributed by atoms with Gasteiger partial charge in [0.1, 0.15) is 17.0 Å². The van der Waals surface area contributed by atoms with Crippen molar-refractivity contribution in [1.29, 1.82) is 0 Å². The predicted molar refractivity (Wildman–Crippen MR) is 110 cm³/mol. The molecule has 8 nitrogen and oxygen atoms in total. The minimum absolute atomic E-state index is 0.00918. The number of nitrogens with zero attached hydrogens (tertiary/aromatic N) is 3. The number of pyridine rings is 1. The van der Waals surface area contributed by atoms with Gasteiger partial charge in [-0.25, -0.2) is 9.97 Å². The first kappa shape index (κ1) is 23.5. The third kappa shape index (κ3) is 4.39. The van der Waals surface area contributed by atoms with Crippen molar-refractivity contribution in [3.8, 4) is 17.2 Å². The standard InChI is InChI=1S/C21H23F3N4O4/c1-4-28(9-10-29)20(30)17-18(11(2)25)32-19(27-17)13-5-7-14(31-3)16-12(13)6-8-15(26-16)21(22,23)24/h5-8,11,29H,4,9-10,25H2,1-3H3/t11-/m0/s1. The molecule has 1 atom stereocenters. The van der Waals surface area contributed by atoms with Crippen LogP contribution in [0.2, 0.25) is 0 Å². The van der Waals surface area contributed by atoms with E-state index in [4.69, 9.17) is 14.9 Å². The molecule has 11 heteroatoms. The molecule has 0 saturated heterocycles. The highest BCUT2D eigenvalue weighted by molar-refractivity contribution is 5.98. The molecule has 0 saturated carbocycles. The number of nitrogens with two attached hydrogens (primary N) is 1. The molecular formula is C21H23F3N4O4. The number of fused-ring (bicyclic) bond motifs is 1. The van der Waals surface area contributed by atoms with Crippen molar-refractivity contribution in [1.82, 2.24) is 14.9 Å². The van der Waals surface area contributed by atoms with E-state index < -0.39 is 23.8 Å². The molecule has 0 aliphatic carbocycles. The first-order valence-electron chi connectivity index (χ1n) is 9.84. The summed E-state index contributed by atoms with van der Waals surface area (Å²) >= 11 is 0. The molecule has 172 valence electrons. The van der Waals surface area contributed by atoms with Crippen molar-refractivity contribution in [2.24, 2.45) is 5.73 Å². The van der Waals surface area contributed by atoms with Crippen molar-refractivity contribution in [2.45, 2.75) is 26.1 Å². The maximum absolute atomic E-state index is 13.2. The van der Waals surface area contributed by atoms with Crippen LogP contribution in [-0.2, 0) is 6.18 Å². The quantitative estimate of drug-likeness (QED) is 0.565. The van der Waals surface area contributed by atoms with Crippen molar-refractivity contribution >= 4 is 16.8 Å². The molecule has 3 N–H and O–H groups in total. The summed E-state index contributed by atoms with van der Waals surface area (Å²) in [6.07, 6.45) is -4.63. The van der Waals surface area contributed by atoms with Crippen molar-refractivity contribution < 1.29 is 32.2 Å². The zero-order chi connectivity index (χ0) is 23.6. The number of halogens is 3.